The Kier molecular flexibility index (Phi) is 2.91. The lowest BCUT2D eigenvalue weighted by atomic mass is 9.89. The first-order valence-corrected chi connectivity index (χ1v) is 6.57. The molecule has 0 bridgehead atoms. The van der Waals surface area contributed by atoms with Gasteiger partial charge in [-0.3, -0.25) is 0 Å². The van der Waals surface area contributed by atoms with Crippen molar-refractivity contribution in [1.29, 1.82) is 0 Å². The highest BCUT2D eigenvalue weighted by Crippen LogP contribution is 2.43. The largest absolute Gasteiger partial charge is 0.384 e. The molecule has 1 N–H and O–H groups in total. The molecule has 76 valence electrons. The van der Waals surface area contributed by atoms with Gasteiger partial charge in [0.25, 0.3) is 0 Å². The number of aliphatic hydroxyl groups is 1. The van der Waals surface area contributed by atoms with E-state index in [4.69, 9.17) is 0 Å². The predicted octanol–water partition coefficient (Wildman–Crippen LogP) is 3.16. The second kappa shape index (κ2) is 3.87. The third-order valence-electron chi connectivity index (χ3n) is 2.87. The van der Waals surface area contributed by atoms with Crippen molar-refractivity contribution in [3.8, 4) is 0 Å². The first-order valence-electron chi connectivity index (χ1n) is 4.73. The first-order chi connectivity index (χ1) is 6.63. The number of hydrogen-bond donors (Lipinski definition) is 1. The van der Waals surface area contributed by atoms with E-state index in [0.717, 1.165) is 22.2 Å². The molecule has 0 spiro atoms. The zero-order chi connectivity index (χ0) is 10.2. The van der Waals surface area contributed by atoms with E-state index in [2.05, 4.69) is 22.9 Å². The van der Waals surface area contributed by atoms with E-state index in [9.17, 15) is 5.11 Å². The lowest BCUT2D eigenvalue weighted by Crippen LogP contribution is -2.31. The normalized spacial score (nSPS) is 32.1. The van der Waals surface area contributed by atoms with Gasteiger partial charge in [0.15, 0.2) is 0 Å². The molecule has 1 fully saturated rings. The van der Waals surface area contributed by atoms with Crippen molar-refractivity contribution in [1.82, 2.24) is 0 Å². The summed E-state index contributed by atoms with van der Waals surface area (Å²) in [6.07, 6.45) is 0.862. The Morgan fingerprint density at radius 2 is 2.07 bits per heavy atom. The molecule has 0 aromatic heterocycles. The Morgan fingerprint density at radius 1 is 1.43 bits per heavy atom. The Balaban J connectivity index is 2.34. The van der Waals surface area contributed by atoms with Crippen LogP contribution in [0.4, 0.5) is 0 Å². The molecule has 0 amide bonds. The molecule has 2 atom stereocenters. The summed E-state index contributed by atoms with van der Waals surface area (Å²) in [6.45, 7) is 2.10. The zero-order valence-corrected chi connectivity index (χ0v) is 10.4. The van der Waals surface area contributed by atoms with Gasteiger partial charge in [-0.05, 0) is 29.9 Å². The molecule has 1 aliphatic heterocycles. The molecule has 14 heavy (non-hydrogen) atoms. The van der Waals surface area contributed by atoms with E-state index in [-0.39, 0.29) is 0 Å². The van der Waals surface area contributed by atoms with Crippen molar-refractivity contribution >= 4 is 27.7 Å². The van der Waals surface area contributed by atoms with Crippen LogP contribution in [0.3, 0.4) is 0 Å². The lowest BCUT2D eigenvalue weighted by Gasteiger charge is -2.27. The molecule has 0 aliphatic carbocycles. The van der Waals surface area contributed by atoms with Crippen LogP contribution < -0.4 is 0 Å². The summed E-state index contributed by atoms with van der Waals surface area (Å²) in [7, 11) is 0. The summed E-state index contributed by atoms with van der Waals surface area (Å²) in [5.41, 5.74) is 0.420. The number of thioether (sulfide) groups is 1. The molecular formula is C11H13BrOS. The van der Waals surface area contributed by atoms with Crippen molar-refractivity contribution < 1.29 is 5.11 Å². The van der Waals surface area contributed by atoms with Crippen LogP contribution in [-0.4, -0.2) is 16.1 Å². The predicted molar refractivity (Wildman–Crippen MR) is 64.6 cm³/mol. The Labute approximate surface area is 97.0 Å². The van der Waals surface area contributed by atoms with Crippen LogP contribution >= 0.6 is 27.7 Å². The molecule has 0 unspecified atom stereocenters. The van der Waals surface area contributed by atoms with E-state index in [0.29, 0.717) is 5.25 Å². The fourth-order valence-electron chi connectivity index (χ4n) is 1.85. The minimum atomic E-state index is -0.620. The van der Waals surface area contributed by atoms with E-state index in [1.54, 1.807) is 0 Å². The summed E-state index contributed by atoms with van der Waals surface area (Å²) in [6, 6.07) is 7.99. The summed E-state index contributed by atoms with van der Waals surface area (Å²) in [4.78, 5) is 0. The smallest absolute Gasteiger partial charge is 0.102 e. The van der Waals surface area contributed by atoms with Crippen molar-refractivity contribution in [2.75, 3.05) is 5.75 Å². The second-order valence-electron chi connectivity index (χ2n) is 3.69. The van der Waals surface area contributed by atoms with Gasteiger partial charge in [-0.25, -0.2) is 0 Å². The molecule has 1 heterocycles. The summed E-state index contributed by atoms with van der Waals surface area (Å²) >= 11 is 5.24. The summed E-state index contributed by atoms with van der Waals surface area (Å²) < 4.78 is 1.06. The molecule has 2 rings (SSSR count). The van der Waals surface area contributed by atoms with Gasteiger partial charge in [0.2, 0.25) is 0 Å². The van der Waals surface area contributed by atoms with Crippen LogP contribution in [0.15, 0.2) is 28.7 Å². The number of halogens is 1. The van der Waals surface area contributed by atoms with Crippen LogP contribution in [0.5, 0.6) is 0 Å². The lowest BCUT2D eigenvalue weighted by molar-refractivity contribution is 0.0427. The van der Waals surface area contributed by atoms with Gasteiger partial charge in [-0.15, -0.1) is 0 Å². The van der Waals surface area contributed by atoms with Crippen LogP contribution in [0.2, 0.25) is 0 Å². The molecule has 1 nitrogen and oxygen atoms in total. The highest BCUT2D eigenvalue weighted by atomic mass is 79.9. The van der Waals surface area contributed by atoms with Crippen molar-refractivity contribution in [3.63, 3.8) is 0 Å². The van der Waals surface area contributed by atoms with Gasteiger partial charge in [-0.1, -0.05) is 35.0 Å². The highest BCUT2D eigenvalue weighted by molar-refractivity contribution is 9.10. The Bertz CT molecular complexity index is 325. The van der Waals surface area contributed by atoms with Gasteiger partial charge in [0, 0.05) is 9.72 Å². The highest BCUT2D eigenvalue weighted by Gasteiger charge is 2.40. The maximum Gasteiger partial charge on any atom is 0.102 e. The van der Waals surface area contributed by atoms with E-state index >= 15 is 0 Å². The van der Waals surface area contributed by atoms with Gasteiger partial charge in [0.1, 0.15) is 5.60 Å². The van der Waals surface area contributed by atoms with E-state index in [1.165, 1.54) is 0 Å². The summed E-state index contributed by atoms with van der Waals surface area (Å²) in [5, 5.41) is 10.8. The van der Waals surface area contributed by atoms with Crippen LogP contribution in [0, 0.1) is 0 Å². The van der Waals surface area contributed by atoms with Crippen molar-refractivity contribution in [3.05, 3.63) is 34.3 Å². The average Bonchev–Trinajstić information content (AvgIpc) is 2.49. The molecule has 0 saturated carbocycles. The standard InChI is InChI=1S/C11H13BrOS/c1-8-11(13,6-7-14-8)9-2-4-10(12)5-3-9/h2-5,8,13H,6-7H2,1H3/t8-,11+/m1/s1. The second-order valence-corrected chi connectivity index (χ2v) is 6.06. The molecule has 0 radical (unpaired) electrons. The Morgan fingerprint density at radius 3 is 2.57 bits per heavy atom. The zero-order valence-electron chi connectivity index (χ0n) is 8.03. The maximum atomic E-state index is 10.5. The molecule has 1 aromatic carbocycles. The van der Waals surface area contributed by atoms with Gasteiger partial charge >= 0.3 is 0 Å². The fraction of sp³-hybridized carbons (Fsp3) is 0.455. The summed E-state index contributed by atoms with van der Waals surface area (Å²) in [5.74, 6) is 1.05. The van der Waals surface area contributed by atoms with Crippen molar-refractivity contribution in [2.24, 2.45) is 0 Å². The first kappa shape index (κ1) is 10.5. The van der Waals surface area contributed by atoms with E-state index in [1.807, 2.05) is 36.0 Å². The number of rotatable bonds is 1. The third kappa shape index (κ3) is 1.73. The SMILES string of the molecule is C[C@H]1SCC[C@@]1(O)c1ccc(Br)cc1. The number of hydrogen-bond acceptors (Lipinski definition) is 2. The van der Waals surface area contributed by atoms with Crippen molar-refractivity contribution in [2.45, 2.75) is 24.2 Å². The quantitative estimate of drug-likeness (QED) is 0.848. The Hall–Kier alpha value is 0.01000. The topological polar surface area (TPSA) is 20.2 Å². The molecule has 1 aromatic rings. The third-order valence-corrected chi connectivity index (χ3v) is 4.73. The minimum Gasteiger partial charge on any atom is -0.384 e. The van der Waals surface area contributed by atoms with Crippen LogP contribution in [0.25, 0.3) is 0 Å². The minimum absolute atomic E-state index is 0.295. The van der Waals surface area contributed by atoms with Crippen LogP contribution in [0.1, 0.15) is 18.9 Å². The molecule has 3 heteroatoms. The maximum absolute atomic E-state index is 10.5. The van der Waals surface area contributed by atoms with Crippen LogP contribution in [-0.2, 0) is 5.60 Å². The number of benzene rings is 1. The molecular weight excluding hydrogens is 260 g/mol. The van der Waals surface area contributed by atoms with Gasteiger partial charge in [0.05, 0.1) is 0 Å². The molecule has 1 aliphatic rings. The monoisotopic (exact) mass is 272 g/mol. The van der Waals surface area contributed by atoms with E-state index < -0.39 is 5.60 Å². The van der Waals surface area contributed by atoms with Gasteiger partial charge < -0.3 is 5.11 Å². The fourth-order valence-corrected chi connectivity index (χ4v) is 3.43. The molecule has 1 saturated heterocycles. The average molecular weight is 273 g/mol. The van der Waals surface area contributed by atoms with Gasteiger partial charge in [-0.2, -0.15) is 11.8 Å².